The third-order valence-electron chi connectivity index (χ3n) is 5.40. The van der Waals surface area contributed by atoms with Crippen molar-refractivity contribution in [3.05, 3.63) is 42.4 Å². The van der Waals surface area contributed by atoms with Crippen LogP contribution >= 0.6 is 0 Å². The molecule has 1 fully saturated rings. The van der Waals surface area contributed by atoms with Gasteiger partial charge in [-0.1, -0.05) is 6.92 Å². The van der Waals surface area contributed by atoms with E-state index in [0.717, 1.165) is 74.4 Å². The molecule has 1 saturated heterocycles. The van der Waals surface area contributed by atoms with E-state index in [1.54, 1.807) is 0 Å². The van der Waals surface area contributed by atoms with Crippen molar-refractivity contribution in [2.75, 3.05) is 31.1 Å². The number of imidazole rings is 1. The third kappa shape index (κ3) is 3.77. The van der Waals surface area contributed by atoms with Gasteiger partial charge in [0.15, 0.2) is 0 Å². The summed E-state index contributed by atoms with van der Waals surface area (Å²) >= 11 is 0. The summed E-state index contributed by atoms with van der Waals surface area (Å²) in [5.74, 6) is 1.91. The Bertz CT molecular complexity index is 920. The van der Waals surface area contributed by atoms with Gasteiger partial charge >= 0.3 is 0 Å². The number of aromatic nitrogens is 6. The number of nitrogens with zero attached hydrogens (tertiary/aromatic N) is 8. The normalized spacial score (nSPS) is 15.3. The van der Waals surface area contributed by atoms with Crippen molar-refractivity contribution >= 4 is 5.95 Å². The molecule has 4 rings (SSSR count). The summed E-state index contributed by atoms with van der Waals surface area (Å²) in [6, 6.07) is 1.97. The zero-order valence-electron chi connectivity index (χ0n) is 16.9. The maximum atomic E-state index is 4.84. The molecule has 3 aromatic heterocycles. The lowest BCUT2D eigenvalue weighted by Gasteiger charge is -2.34. The highest BCUT2D eigenvalue weighted by Gasteiger charge is 2.21. The lowest BCUT2D eigenvalue weighted by molar-refractivity contribution is 0.241. The SMILES string of the molecule is CCCn1ncc(-c2ccnc(N3CCN(Cc4nccn4C)CC3)n2)c1C. The van der Waals surface area contributed by atoms with Crippen LogP contribution in [-0.4, -0.2) is 60.4 Å². The molecule has 8 heteroatoms. The van der Waals surface area contributed by atoms with Crippen LogP contribution in [0.3, 0.4) is 0 Å². The van der Waals surface area contributed by atoms with Gasteiger partial charge in [-0.15, -0.1) is 0 Å². The van der Waals surface area contributed by atoms with Crippen LogP contribution in [-0.2, 0) is 20.1 Å². The zero-order valence-corrected chi connectivity index (χ0v) is 16.9. The van der Waals surface area contributed by atoms with Gasteiger partial charge in [0.25, 0.3) is 0 Å². The molecule has 0 unspecified atom stereocenters. The smallest absolute Gasteiger partial charge is 0.225 e. The predicted octanol–water partition coefficient (Wildman–Crippen LogP) is 2.11. The molecule has 0 aromatic carbocycles. The Balaban J connectivity index is 1.43. The molecule has 1 aliphatic rings. The second kappa shape index (κ2) is 8.10. The Morgan fingerprint density at radius 2 is 1.89 bits per heavy atom. The van der Waals surface area contributed by atoms with Gasteiger partial charge in [0, 0.05) is 69.6 Å². The van der Waals surface area contributed by atoms with Crippen molar-refractivity contribution in [3.63, 3.8) is 0 Å². The fourth-order valence-electron chi connectivity index (χ4n) is 3.64. The van der Waals surface area contributed by atoms with E-state index in [0.29, 0.717) is 0 Å². The number of rotatable bonds is 6. The number of hydrogen-bond donors (Lipinski definition) is 0. The molecule has 3 aromatic rings. The first-order valence-electron chi connectivity index (χ1n) is 9.95. The van der Waals surface area contributed by atoms with Crippen LogP contribution in [0.15, 0.2) is 30.9 Å². The van der Waals surface area contributed by atoms with Crippen molar-refractivity contribution in [2.45, 2.75) is 33.4 Å². The summed E-state index contributed by atoms with van der Waals surface area (Å²) in [4.78, 5) is 18.5. The average Bonchev–Trinajstić information content (AvgIpc) is 3.29. The minimum atomic E-state index is 0.803. The molecule has 0 saturated carbocycles. The lowest BCUT2D eigenvalue weighted by atomic mass is 10.2. The van der Waals surface area contributed by atoms with Gasteiger partial charge in [-0.2, -0.15) is 5.10 Å². The van der Waals surface area contributed by atoms with Crippen LogP contribution in [0.4, 0.5) is 5.95 Å². The molecule has 0 atom stereocenters. The molecular weight excluding hydrogens is 352 g/mol. The standard InChI is InChI=1S/C20H28N8/c1-4-8-28-16(2)17(14-23-28)18-5-6-22-20(24-18)27-12-10-26(11-13-27)15-19-21-7-9-25(19)3/h5-7,9,14H,4,8,10-13,15H2,1-3H3. The van der Waals surface area contributed by atoms with Crippen LogP contribution < -0.4 is 4.90 Å². The molecule has 0 bridgehead atoms. The maximum absolute atomic E-state index is 4.84. The average molecular weight is 381 g/mol. The van der Waals surface area contributed by atoms with Crippen molar-refractivity contribution in [1.82, 2.24) is 34.2 Å². The Morgan fingerprint density at radius 3 is 2.61 bits per heavy atom. The first kappa shape index (κ1) is 18.6. The largest absolute Gasteiger partial charge is 0.338 e. The molecule has 0 spiro atoms. The first-order chi connectivity index (χ1) is 13.7. The lowest BCUT2D eigenvalue weighted by Crippen LogP contribution is -2.46. The Kier molecular flexibility index (Phi) is 5.38. The molecule has 0 aliphatic carbocycles. The van der Waals surface area contributed by atoms with E-state index >= 15 is 0 Å². The van der Waals surface area contributed by atoms with Gasteiger partial charge in [-0.25, -0.2) is 15.0 Å². The molecule has 28 heavy (non-hydrogen) atoms. The molecule has 1 aliphatic heterocycles. The second-order valence-corrected chi connectivity index (χ2v) is 7.33. The first-order valence-corrected chi connectivity index (χ1v) is 9.95. The van der Waals surface area contributed by atoms with Gasteiger partial charge in [0.05, 0.1) is 18.4 Å². The predicted molar refractivity (Wildman–Crippen MR) is 109 cm³/mol. The summed E-state index contributed by atoms with van der Waals surface area (Å²) in [6.07, 6.45) is 8.70. The highest BCUT2D eigenvalue weighted by molar-refractivity contribution is 5.62. The Morgan fingerprint density at radius 1 is 1.07 bits per heavy atom. The minimum absolute atomic E-state index is 0.803. The van der Waals surface area contributed by atoms with E-state index in [1.807, 2.05) is 42.6 Å². The maximum Gasteiger partial charge on any atom is 0.225 e. The Labute approximate surface area is 165 Å². The van der Waals surface area contributed by atoms with Crippen molar-refractivity contribution in [2.24, 2.45) is 7.05 Å². The fraction of sp³-hybridized carbons (Fsp3) is 0.500. The van der Waals surface area contributed by atoms with Crippen molar-refractivity contribution < 1.29 is 0 Å². The topological polar surface area (TPSA) is 67.9 Å². The molecule has 148 valence electrons. The number of hydrogen-bond acceptors (Lipinski definition) is 6. The molecule has 0 amide bonds. The van der Waals surface area contributed by atoms with Gasteiger partial charge in [-0.05, 0) is 19.4 Å². The number of aryl methyl sites for hydroxylation is 2. The van der Waals surface area contributed by atoms with E-state index in [2.05, 4.69) is 43.3 Å². The van der Waals surface area contributed by atoms with Crippen LogP contribution in [0.1, 0.15) is 24.9 Å². The van der Waals surface area contributed by atoms with Crippen LogP contribution in [0.5, 0.6) is 0 Å². The van der Waals surface area contributed by atoms with E-state index in [1.165, 1.54) is 0 Å². The van der Waals surface area contributed by atoms with E-state index in [9.17, 15) is 0 Å². The zero-order chi connectivity index (χ0) is 19.5. The second-order valence-electron chi connectivity index (χ2n) is 7.33. The number of anilines is 1. The summed E-state index contributed by atoms with van der Waals surface area (Å²) in [7, 11) is 2.04. The summed E-state index contributed by atoms with van der Waals surface area (Å²) in [5, 5.41) is 4.50. The highest BCUT2D eigenvalue weighted by atomic mass is 15.3. The molecule has 4 heterocycles. The molecule has 8 nitrogen and oxygen atoms in total. The van der Waals surface area contributed by atoms with Crippen molar-refractivity contribution in [1.29, 1.82) is 0 Å². The van der Waals surface area contributed by atoms with E-state index in [4.69, 9.17) is 4.98 Å². The molecular formula is C20H28N8. The summed E-state index contributed by atoms with van der Waals surface area (Å²) in [6.45, 7) is 9.88. The van der Waals surface area contributed by atoms with Gasteiger partial charge < -0.3 is 9.47 Å². The monoisotopic (exact) mass is 380 g/mol. The van der Waals surface area contributed by atoms with Gasteiger partial charge in [0.1, 0.15) is 5.82 Å². The highest BCUT2D eigenvalue weighted by Crippen LogP contribution is 2.23. The van der Waals surface area contributed by atoms with Gasteiger partial charge in [-0.3, -0.25) is 9.58 Å². The summed E-state index contributed by atoms with van der Waals surface area (Å²) in [5.41, 5.74) is 3.19. The van der Waals surface area contributed by atoms with E-state index < -0.39 is 0 Å². The number of piperazine rings is 1. The Hall–Kier alpha value is -2.74. The fourth-order valence-corrected chi connectivity index (χ4v) is 3.64. The molecule has 0 radical (unpaired) electrons. The minimum Gasteiger partial charge on any atom is -0.338 e. The molecule has 0 N–H and O–H groups in total. The van der Waals surface area contributed by atoms with E-state index in [-0.39, 0.29) is 0 Å². The van der Waals surface area contributed by atoms with Gasteiger partial charge in [0.2, 0.25) is 5.95 Å². The third-order valence-corrected chi connectivity index (χ3v) is 5.40. The van der Waals surface area contributed by atoms with Crippen molar-refractivity contribution in [3.8, 4) is 11.3 Å². The quantitative estimate of drug-likeness (QED) is 0.652. The van der Waals surface area contributed by atoms with Crippen LogP contribution in [0.25, 0.3) is 11.3 Å². The van der Waals surface area contributed by atoms with Crippen LogP contribution in [0, 0.1) is 6.92 Å². The van der Waals surface area contributed by atoms with Crippen LogP contribution in [0.2, 0.25) is 0 Å². The summed E-state index contributed by atoms with van der Waals surface area (Å²) < 4.78 is 4.13.